The van der Waals surface area contributed by atoms with Crippen LogP contribution in [0.5, 0.6) is 0 Å². The molecule has 2 unspecified atom stereocenters. The fourth-order valence-electron chi connectivity index (χ4n) is 1.56. The molecular formula is C10H16N2O5S. The average molecular weight is 276 g/mol. The van der Waals surface area contributed by atoms with E-state index in [1.54, 1.807) is 6.08 Å². The van der Waals surface area contributed by atoms with Gasteiger partial charge in [0.2, 0.25) is 0 Å². The van der Waals surface area contributed by atoms with Crippen molar-refractivity contribution in [3.63, 3.8) is 0 Å². The fourth-order valence-corrected chi connectivity index (χ4v) is 2.03. The van der Waals surface area contributed by atoms with Gasteiger partial charge < -0.3 is 15.7 Å². The molecule has 2 amide bonds. The summed E-state index contributed by atoms with van der Waals surface area (Å²) in [6, 6.07) is -0.830. The number of hydrogen-bond donors (Lipinski definition) is 3. The molecule has 0 saturated carbocycles. The quantitative estimate of drug-likeness (QED) is 0.578. The fraction of sp³-hybridized carbons (Fsp3) is 0.600. The van der Waals surface area contributed by atoms with Crippen LogP contribution in [0.25, 0.3) is 0 Å². The molecule has 0 fully saturated rings. The smallest absolute Gasteiger partial charge is 0.315 e. The van der Waals surface area contributed by atoms with Gasteiger partial charge in [0.15, 0.2) is 0 Å². The summed E-state index contributed by atoms with van der Waals surface area (Å²) >= 11 is 0. The van der Waals surface area contributed by atoms with Gasteiger partial charge in [-0.25, -0.2) is 13.2 Å². The summed E-state index contributed by atoms with van der Waals surface area (Å²) in [4.78, 5) is 22.0. The number of carboxylic acids is 1. The third-order valence-electron chi connectivity index (χ3n) is 2.48. The summed E-state index contributed by atoms with van der Waals surface area (Å²) in [7, 11) is -3.10. The number of urea groups is 1. The Morgan fingerprint density at radius 2 is 2.06 bits per heavy atom. The van der Waals surface area contributed by atoms with Gasteiger partial charge in [-0.2, -0.15) is 0 Å². The highest BCUT2D eigenvalue weighted by Crippen LogP contribution is 2.17. The lowest BCUT2D eigenvalue weighted by Crippen LogP contribution is -2.42. The molecule has 0 spiro atoms. The van der Waals surface area contributed by atoms with Gasteiger partial charge in [0, 0.05) is 12.8 Å². The van der Waals surface area contributed by atoms with Gasteiger partial charge in [-0.1, -0.05) is 12.2 Å². The second-order valence-corrected chi connectivity index (χ2v) is 6.46. The standard InChI is InChI=1S/C10H16N2O5S/c1-18(16,17)5-4-11-10(15)12-8-3-2-7(6-8)9(13)14/h2-3,7-8H,4-6H2,1H3,(H,13,14)(H2,11,12,15). The summed E-state index contributed by atoms with van der Waals surface area (Å²) < 4.78 is 21.7. The molecular weight excluding hydrogens is 260 g/mol. The Kier molecular flexibility index (Phi) is 4.71. The summed E-state index contributed by atoms with van der Waals surface area (Å²) in [5, 5.41) is 13.7. The summed E-state index contributed by atoms with van der Waals surface area (Å²) in [6.07, 6.45) is 4.55. The molecule has 0 aromatic heterocycles. The lowest BCUT2D eigenvalue weighted by atomic mass is 10.1. The van der Waals surface area contributed by atoms with Crippen molar-refractivity contribution in [1.82, 2.24) is 10.6 Å². The molecule has 0 aliphatic heterocycles. The van der Waals surface area contributed by atoms with Gasteiger partial charge in [0.05, 0.1) is 17.7 Å². The van der Waals surface area contributed by atoms with E-state index in [-0.39, 0.29) is 18.3 Å². The van der Waals surface area contributed by atoms with Crippen LogP contribution in [0.3, 0.4) is 0 Å². The average Bonchev–Trinajstić information content (AvgIpc) is 2.64. The zero-order chi connectivity index (χ0) is 13.8. The third-order valence-corrected chi connectivity index (χ3v) is 3.42. The van der Waals surface area contributed by atoms with Gasteiger partial charge >= 0.3 is 12.0 Å². The van der Waals surface area contributed by atoms with E-state index in [2.05, 4.69) is 10.6 Å². The highest BCUT2D eigenvalue weighted by Gasteiger charge is 2.25. The van der Waals surface area contributed by atoms with Gasteiger partial charge in [-0.15, -0.1) is 0 Å². The molecule has 0 bridgehead atoms. The molecule has 102 valence electrons. The minimum absolute atomic E-state index is 0.0312. The number of rotatable bonds is 5. The molecule has 1 rings (SSSR count). The number of carbonyl (C=O) groups is 2. The van der Waals surface area contributed by atoms with Gasteiger partial charge in [0.25, 0.3) is 0 Å². The first-order valence-corrected chi connectivity index (χ1v) is 7.47. The van der Waals surface area contributed by atoms with Crippen LogP contribution in [-0.2, 0) is 14.6 Å². The first kappa shape index (κ1) is 14.5. The number of aliphatic carboxylic acids is 1. The third kappa shape index (κ3) is 5.17. The molecule has 0 aromatic carbocycles. The van der Waals surface area contributed by atoms with Crippen LogP contribution in [0, 0.1) is 5.92 Å². The lowest BCUT2D eigenvalue weighted by Gasteiger charge is -2.12. The molecule has 0 radical (unpaired) electrons. The monoisotopic (exact) mass is 276 g/mol. The van der Waals surface area contributed by atoms with E-state index in [4.69, 9.17) is 5.11 Å². The zero-order valence-corrected chi connectivity index (χ0v) is 10.7. The van der Waals surface area contributed by atoms with Crippen molar-refractivity contribution < 1.29 is 23.1 Å². The Hall–Kier alpha value is -1.57. The van der Waals surface area contributed by atoms with Gasteiger partial charge in [0.1, 0.15) is 9.84 Å². The number of sulfone groups is 1. The van der Waals surface area contributed by atoms with Crippen LogP contribution in [0.2, 0.25) is 0 Å². The van der Waals surface area contributed by atoms with Crippen molar-refractivity contribution >= 4 is 21.8 Å². The van der Waals surface area contributed by atoms with Crippen molar-refractivity contribution in [3.05, 3.63) is 12.2 Å². The second-order valence-electron chi connectivity index (χ2n) is 4.20. The minimum Gasteiger partial charge on any atom is -0.481 e. The van der Waals surface area contributed by atoms with Crippen LogP contribution in [-0.4, -0.2) is 50.1 Å². The zero-order valence-electron chi connectivity index (χ0n) is 9.92. The van der Waals surface area contributed by atoms with Crippen LogP contribution in [0.4, 0.5) is 4.79 Å². The molecule has 2 atom stereocenters. The normalized spacial score (nSPS) is 22.7. The van der Waals surface area contributed by atoms with Crippen LogP contribution in [0.1, 0.15) is 6.42 Å². The summed E-state index contributed by atoms with van der Waals surface area (Å²) in [6.45, 7) is 0.0312. The predicted molar refractivity (Wildman–Crippen MR) is 64.9 cm³/mol. The number of nitrogens with one attached hydrogen (secondary N) is 2. The van der Waals surface area contributed by atoms with Crippen LogP contribution >= 0.6 is 0 Å². The first-order valence-electron chi connectivity index (χ1n) is 5.41. The van der Waals surface area contributed by atoms with Crippen LogP contribution < -0.4 is 10.6 Å². The highest BCUT2D eigenvalue weighted by molar-refractivity contribution is 7.90. The maximum atomic E-state index is 11.4. The van der Waals surface area contributed by atoms with E-state index in [9.17, 15) is 18.0 Å². The molecule has 0 heterocycles. The Morgan fingerprint density at radius 3 is 2.56 bits per heavy atom. The van der Waals surface area contributed by atoms with Crippen molar-refractivity contribution in [2.24, 2.45) is 5.92 Å². The van der Waals surface area contributed by atoms with E-state index >= 15 is 0 Å². The maximum Gasteiger partial charge on any atom is 0.315 e. The Balaban J connectivity index is 2.26. The molecule has 3 N–H and O–H groups in total. The van der Waals surface area contributed by atoms with E-state index in [0.717, 1.165) is 6.26 Å². The van der Waals surface area contributed by atoms with E-state index in [1.807, 2.05) is 0 Å². The summed E-state index contributed by atoms with van der Waals surface area (Å²) in [5.41, 5.74) is 0. The lowest BCUT2D eigenvalue weighted by molar-refractivity contribution is -0.140. The Bertz CT molecular complexity index is 457. The van der Waals surface area contributed by atoms with Crippen molar-refractivity contribution in [1.29, 1.82) is 0 Å². The van der Waals surface area contributed by atoms with Gasteiger partial charge in [-0.05, 0) is 6.42 Å². The van der Waals surface area contributed by atoms with E-state index in [1.165, 1.54) is 6.08 Å². The van der Waals surface area contributed by atoms with Crippen molar-refractivity contribution in [2.75, 3.05) is 18.6 Å². The molecule has 8 heteroatoms. The molecule has 7 nitrogen and oxygen atoms in total. The number of carbonyl (C=O) groups excluding carboxylic acids is 1. The first-order chi connectivity index (χ1) is 8.28. The second kappa shape index (κ2) is 5.85. The van der Waals surface area contributed by atoms with Crippen LogP contribution in [0.15, 0.2) is 12.2 Å². The van der Waals surface area contributed by atoms with E-state index in [0.29, 0.717) is 6.42 Å². The topological polar surface area (TPSA) is 113 Å². The molecule has 1 aliphatic carbocycles. The molecule has 0 aromatic rings. The summed E-state index contributed by atoms with van der Waals surface area (Å²) in [5.74, 6) is -1.63. The largest absolute Gasteiger partial charge is 0.481 e. The number of carboxylic acid groups (broad SMARTS) is 1. The predicted octanol–water partition coefficient (Wildman–Crippen LogP) is -0.640. The SMILES string of the molecule is CS(=O)(=O)CCNC(=O)NC1C=CC(C(=O)O)C1. The minimum atomic E-state index is -3.10. The van der Waals surface area contributed by atoms with Crippen molar-refractivity contribution in [2.45, 2.75) is 12.5 Å². The van der Waals surface area contributed by atoms with Crippen molar-refractivity contribution in [3.8, 4) is 0 Å². The van der Waals surface area contributed by atoms with Gasteiger partial charge in [-0.3, -0.25) is 4.79 Å². The molecule has 1 aliphatic rings. The molecule has 18 heavy (non-hydrogen) atoms. The number of hydrogen-bond acceptors (Lipinski definition) is 4. The Labute approximate surface area is 105 Å². The Morgan fingerprint density at radius 1 is 1.39 bits per heavy atom. The van der Waals surface area contributed by atoms with E-state index < -0.39 is 27.8 Å². The highest BCUT2D eigenvalue weighted by atomic mass is 32.2. The maximum absolute atomic E-state index is 11.4. The molecule has 0 saturated heterocycles. The number of amides is 2.